The van der Waals surface area contributed by atoms with Crippen LogP contribution in [0.4, 0.5) is 0 Å². The molecule has 0 fully saturated rings. The summed E-state index contributed by atoms with van der Waals surface area (Å²) in [5.74, 6) is 1.70. The lowest BCUT2D eigenvalue weighted by Crippen LogP contribution is -2.08. The Balaban J connectivity index is 1.15. The normalized spacial score (nSPS) is 13.0. The Kier molecular flexibility index (Phi) is 8.90. The van der Waals surface area contributed by atoms with Gasteiger partial charge in [0.2, 0.25) is 15.8 Å². The summed E-state index contributed by atoms with van der Waals surface area (Å²) in [6.45, 7) is 0. The SMILES string of the molecule is N#Cc1ccc(S(=O)(=O)c2ccc(-n3c4ccc5c6ccccc6n(-c6ccccc6)c5c4c4ccc5c(c6ccccc6n5-c5nc(C6=CCCC=C6)nc(-c6ccccc6)n5)c43)cc2)cc1. The number of nitriles is 1. The fourth-order valence-electron chi connectivity index (χ4n) is 10.1. The number of fused-ring (bicyclic) bond motifs is 11. The highest BCUT2D eigenvalue weighted by Gasteiger charge is 2.27. The van der Waals surface area contributed by atoms with Gasteiger partial charge in [0.15, 0.2) is 11.6 Å². The molecule has 8 aromatic carbocycles. The fraction of sp³-hybridized carbons (Fsp3) is 0.0345. The number of allylic oxidation sites excluding steroid dienone is 4. The highest BCUT2D eigenvalue weighted by atomic mass is 32.2. The van der Waals surface area contributed by atoms with Gasteiger partial charge < -0.3 is 9.13 Å². The first-order valence-electron chi connectivity index (χ1n) is 22.5. The van der Waals surface area contributed by atoms with Crippen molar-refractivity contribution in [2.45, 2.75) is 22.6 Å². The lowest BCUT2D eigenvalue weighted by atomic mass is 10.1. The van der Waals surface area contributed by atoms with Crippen LogP contribution in [0.3, 0.4) is 0 Å². The third kappa shape index (κ3) is 5.99. The topological polar surface area (TPSA) is 111 Å². The average Bonchev–Trinajstić information content (AvgIpc) is 4.05. The van der Waals surface area contributed by atoms with Gasteiger partial charge in [-0.1, -0.05) is 109 Å². The van der Waals surface area contributed by atoms with Crippen LogP contribution >= 0.6 is 0 Å². The maximum absolute atomic E-state index is 14.0. The molecule has 0 saturated heterocycles. The molecule has 10 heteroatoms. The smallest absolute Gasteiger partial charge is 0.238 e. The highest BCUT2D eigenvalue weighted by Crippen LogP contribution is 2.46. The van der Waals surface area contributed by atoms with Crippen molar-refractivity contribution in [2.75, 3.05) is 0 Å². The Morgan fingerprint density at radius 1 is 0.471 bits per heavy atom. The molecule has 9 nitrogen and oxygen atoms in total. The minimum Gasteiger partial charge on any atom is -0.309 e. The molecule has 0 spiro atoms. The Morgan fingerprint density at radius 2 is 1.03 bits per heavy atom. The van der Waals surface area contributed by atoms with E-state index in [2.05, 4.69) is 129 Å². The quantitative estimate of drug-likeness (QED) is 0.157. The standard InChI is InChI=1S/C58H37N7O2S/c59-36-37-24-28-42(29-25-37)68(66,67)43-30-26-41(27-31-43)64-50-34-32-45-44-20-10-12-22-48(44)63(40-18-8-3-9-19-40)54(45)53(50)47-33-35-51-52(55(47)64)46-21-11-13-23-49(46)65(51)58-61-56(38-14-4-1-5-15-38)60-57(62-58)39-16-6-2-7-17-39/h1,3-6,8-35H,2,7H2. The molecule has 4 aromatic heterocycles. The molecule has 1 aliphatic rings. The van der Waals surface area contributed by atoms with Crippen molar-refractivity contribution in [1.82, 2.24) is 28.7 Å². The lowest BCUT2D eigenvalue weighted by Gasteiger charge is -2.13. The summed E-state index contributed by atoms with van der Waals surface area (Å²) in [6.07, 6.45) is 8.34. The van der Waals surface area contributed by atoms with Crippen LogP contribution < -0.4 is 0 Å². The molecule has 0 aliphatic heterocycles. The van der Waals surface area contributed by atoms with Crippen molar-refractivity contribution in [3.05, 3.63) is 212 Å². The van der Waals surface area contributed by atoms with Crippen molar-refractivity contribution in [3.8, 4) is 34.8 Å². The number of nitrogens with zero attached hydrogens (tertiary/aromatic N) is 7. The van der Waals surface area contributed by atoms with Crippen LogP contribution in [0.2, 0.25) is 0 Å². The molecule has 1 aliphatic carbocycles. The zero-order valence-corrected chi connectivity index (χ0v) is 37.1. The van der Waals surface area contributed by atoms with Crippen LogP contribution in [0.5, 0.6) is 0 Å². The largest absolute Gasteiger partial charge is 0.309 e. The average molecular weight is 896 g/mol. The van der Waals surface area contributed by atoms with E-state index in [-0.39, 0.29) is 9.79 Å². The molecule has 12 aromatic rings. The van der Waals surface area contributed by atoms with Gasteiger partial charge in [0.25, 0.3) is 0 Å². The summed E-state index contributed by atoms with van der Waals surface area (Å²) >= 11 is 0. The fourth-order valence-corrected chi connectivity index (χ4v) is 11.4. The molecule has 4 heterocycles. The zero-order valence-electron chi connectivity index (χ0n) is 36.3. The molecule has 0 bridgehead atoms. The molecule has 68 heavy (non-hydrogen) atoms. The minimum absolute atomic E-state index is 0.125. The Hall–Kier alpha value is -8.91. The summed E-state index contributed by atoms with van der Waals surface area (Å²) in [5, 5.41) is 15.8. The number of para-hydroxylation sites is 3. The van der Waals surface area contributed by atoms with Gasteiger partial charge in [0.1, 0.15) is 0 Å². The summed E-state index contributed by atoms with van der Waals surface area (Å²) in [5.41, 5.74) is 10.0. The van der Waals surface area contributed by atoms with Gasteiger partial charge in [-0.2, -0.15) is 15.2 Å². The van der Waals surface area contributed by atoms with Gasteiger partial charge in [-0.05, 0) is 104 Å². The van der Waals surface area contributed by atoms with Gasteiger partial charge in [0.05, 0.1) is 54.5 Å². The van der Waals surface area contributed by atoms with E-state index in [4.69, 9.17) is 15.0 Å². The van der Waals surface area contributed by atoms with Crippen molar-refractivity contribution in [2.24, 2.45) is 0 Å². The van der Waals surface area contributed by atoms with E-state index in [1.165, 1.54) is 24.3 Å². The predicted molar refractivity (Wildman–Crippen MR) is 271 cm³/mol. The molecule has 13 rings (SSSR count). The predicted octanol–water partition coefficient (Wildman–Crippen LogP) is 13.3. The Bertz CT molecular complexity index is 4250. The maximum Gasteiger partial charge on any atom is 0.238 e. The second-order valence-corrected chi connectivity index (χ2v) is 19.0. The summed E-state index contributed by atoms with van der Waals surface area (Å²) in [4.78, 5) is 15.8. The number of rotatable bonds is 7. The van der Waals surface area contributed by atoms with E-state index in [0.717, 1.165) is 101 Å². The van der Waals surface area contributed by atoms with Crippen LogP contribution in [-0.4, -0.2) is 37.1 Å². The lowest BCUT2D eigenvalue weighted by molar-refractivity contribution is 0.596. The van der Waals surface area contributed by atoms with Gasteiger partial charge in [-0.25, -0.2) is 13.4 Å². The van der Waals surface area contributed by atoms with Crippen LogP contribution in [0.15, 0.2) is 210 Å². The molecule has 0 N–H and O–H groups in total. The van der Waals surface area contributed by atoms with E-state index in [0.29, 0.717) is 23.2 Å². The molecule has 0 unspecified atom stereocenters. The van der Waals surface area contributed by atoms with Crippen molar-refractivity contribution >= 4 is 80.8 Å². The monoisotopic (exact) mass is 895 g/mol. The van der Waals surface area contributed by atoms with Gasteiger partial charge in [0, 0.05) is 54.8 Å². The van der Waals surface area contributed by atoms with Crippen molar-refractivity contribution < 1.29 is 8.42 Å². The maximum atomic E-state index is 14.0. The highest BCUT2D eigenvalue weighted by molar-refractivity contribution is 7.91. The molecule has 0 radical (unpaired) electrons. The van der Waals surface area contributed by atoms with E-state index >= 15 is 0 Å². The van der Waals surface area contributed by atoms with E-state index in [1.54, 1.807) is 12.1 Å². The Labute approximate surface area is 390 Å². The van der Waals surface area contributed by atoms with Gasteiger partial charge in [-0.15, -0.1) is 0 Å². The minimum atomic E-state index is -3.89. The van der Waals surface area contributed by atoms with Crippen molar-refractivity contribution in [1.29, 1.82) is 5.26 Å². The molecule has 0 atom stereocenters. The third-order valence-corrected chi connectivity index (χ3v) is 15.0. The van der Waals surface area contributed by atoms with Crippen LogP contribution in [0, 0.1) is 11.3 Å². The molecule has 322 valence electrons. The first kappa shape index (κ1) is 39.5. The van der Waals surface area contributed by atoms with Gasteiger partial charge >= 0.3 is 0 Å². The number of benzene rings is 8. The number of hydrogen-bond acceptors (Lipinski definition) is 6. The van der Waals surface area contributed by atoms with Crippen LogP contribution in [0.25, 0.3) is 99.7 Å². The number of sulfone groups is 1. The first-order valence-corrected chi connectivity index (χ1v) is 24.0. The Morgan fingerprint density at radius 3 is 1.74 bits per heavy atom. The summed E-state index contributed by atoms with van der Waals surface area (Å²) < 4.78 is 34.9. The van der Waals surface area contributed by atoms with Crippen molar-refractivity contribution in [3.63, 3.8) is 0 Å². The van der Waals surface area contributed by atoms with E-state index in [1.807, 2.05) is 54.6 Å². The summed E-state index contributed by atoms with van der Waals surface area (Å²) in [7, 11) is -3.89. The third-order valence-electron chi connectivity index (χ3n) is 13.2. The first-order chi connectivity index (χ1) is 33.5. The summed E-state index contributed by atoms with van der Waals surface area (Å²) in [6, 6.07) is 61.5. The van der Waals surface area contributed by atoms with E-state index < -0.39 is 9.84 Å². The number of hydrogen-bond donors (Lipinski definition) is 0. The zero-order chi connectivity index (χ0) is 45.5. The molecular formula is C58H37N7O2S. The van der Waals surface area contributed by atoms with E-state index in [9.17, 15) is 13.7 Å². The molecule has 0 saturated carbocycles. The molecule has 0 amide bonds. The van der Waals surface area contributed by atoms with Gasteiger partial charge in [-0.3, -0.25) is 4.57 Å². The van der Waals surface area contributed by atoms with Crippen LogP contribution in [0.1, 0.15) is 24.2 Å². The second-order valence-electron chi connectivity index (χ2n) is 17.0. The second kappa shape index (κ2) is 15.3. The number of aromatic nitrogens is 6. The van der Waals surface area contributed by atoms with Crippen LogP contribution in [-0.2, 0) is 9.84 Å². The molecular weight excluding hydrogens is 859 g/mol.